The van der Waals surface area contributed by atoms with E-state index >= 15 is 0 Å². The van der Waals surface area contributed by atoms with Crippen LogP contribution in [0.5, 0.6) is 0 Å². The molecule has 2 atom stereocenters. The second-order valence-electron chi connectivity index (χ2n) is 4.12. The fraction of sp³-hybridized carbons (Fsp3) is 0.750. The van der Waals surface area contributed by atoms with E-state index in [0.29, 0.717) is 0 Å². The van der Waals surface area contributed by atoms with Crippen LogP contribution in [-0.4, -0.2) is 35.1 Å². The molecule has 0 radical (unpaired) electrons. The van der Waals surface area contributed by atoms with Gasteiger partial charge >= 0.3 is 5.97 Å². The number of likely N-dealkylation sites (tertiary alicyclic amines) is 1. The number of hydrogen-bond donors (Lipinski definition) is 1. The van der Waals surface area contributed by atoms with Crippen LogP contribution in [-0.2, 0) is 4.79 Å². The monoisotopic (exact) mass is 209 g/mol. The molecular weight excluding hydrogens is 190 g/mol. The van der Waals surface area contributed by atoms with Gasteiger partial charge in [-0.1, -0.05) is 6.92 Å². The van der Waals surface area contributed by atoms with Crippen LogP contribution in [0.3, 0.4) is 0 Å². The molecule has 0 aromatic rings. The zero-order chi connectivity index (χ0) is 11.3. The molecule has 3 nitrogen and oxygen atoms in total. The first-order chi connectivity index (χ1) is 7.16. The van der Waals surface area contributed by atoms with Gasteiger partial charge in [0.15, 0.2) is 0 Å². The lowest BCUT2D eigenvalue weighted by Crippen LogP contribution is -2.49. The van der Waals surface area contributed by atoms with Crippen molar-refractivity contribution in [2.24, 2.45) is 5.92 Å². The molecule has 1 rings (SSSR count). The highest BCUT2D eigenvalue weighted by Crippen LogP contribution is 2.23. The van der Waals surface area contributed by atoms with E-state index in [2.05, 4.69) is 16.7 Å². The molecule has 0 aromatic heterocycles. The van der Waals surface area contributed by atoms with Gasteiger partial charge in [0.05, 0.1) is 0 Å². The van der Waals surface area contributed by atoms with Crippen LogP contribution < -0.4 is 0 Å². The van der Waals surface area contributed by atoms with E-state index in [1.165, 1.54) is 0 Å². The second kappa shape index (κ2) is 5.77. The third-order valence-electron chi connectivity index (χ3n) is 2.99. The minimum absolute atomic E-state index is 0.255. The van der Waals surface area contributed by atoms with Crippen molar-refractivity contribution in [1.29, 1.82) is 0 Å². The zero-order valence-electron chi connectivity index (χ0n) is 9.49. The van der Waals surface area contributed by atoms with E-state index in [1.54, 1.807) is 0 Å². The molecule has 1 fully saturated rings. The second-order valence-corrected chi connectivity index (χ2v) is 4.12. The molecular formula is C12H19NO2. The van der Waals surface area contributed by atoms with Gasteiger partial charge in [-0.15, -0.1) is 11.8 Å². The van der Waals surface area contributed by atoms with Crippen LogP contribution in [0.15, 0.2) is 0 Å². The Bertz CT molecular complexity index is 277. The summed E-state index contributed by atoms with van der Waals surface area (Å²) in [5.74, 6) is 5.39. The molecule has 1 heterocycles. The molecule has 84 valence electrons. The number of carbonyl (C=O) groups is 1. The van der Waals surface area contributed by atoms with Crippen molar-refractivity contribution in [3.05, 3.63) is 0 Å². The lowest BCUT2D eigenvalue weighted by Gasteiger charge is -2.36. The van der Waals surface area contributed by atoms with Gasteiger partial charge in [0.2, 0.25) is 0 Å². The van der Waals surface area contributed by atoms with Crippen molar-refractivity contribution in [2.75, 3.05) is 13.1 Å². The number of piperidine rings is 1. The van der Waals surface area contributed by atoms with Crippen molar-refractivity contribution in [3.63, 3.8) is 0 Å². The summed E-state index contributed by atoms with van der Waals surface area (Å²) in [5.41, 5.74) is 0. The number of nitrogens with zero attached hydrogens (tertiary/aromatic N) is 1. The number of hydrogen-bond acceptors (Lipinski definition) is 2. The van der Waals surface area contributed by atoms with Crippen LogP contribution in [0.25, 0.3) is 0 Å². The summed E-state index contributed by atoms with van der Waals surface area (Å²) < 4.78 is 0. The summed E-state index contributed by atoms with van der Waals surface area (Å²) in [5, 5.41) is 9.16. The third-order valence-corrected chi connectivity index (χ3v) is 2.99. The summed E-state index contributed by atoms with van der Waals surface area (Å²) in [7, 11) is 0. The zero-order valence-corrected chi connectivity index (χ0v) is 9.49. The fourth-order valence-electron chi connectivity index (χ4n) is 2.25. The smallest absolute Gasteiger partial charge is 0.321 e. The topological polar surface area (TPSA) is 40.5 Å². The highest BCUT2D eigenvalue weighted by molar-refractivity contribution is 5.74. The molecule has 0 amide bonds. The van der Waals surface area contributed by atoms with Crippen LogP contribution in [0, 0.1) is 17.8 Å². The molecule has 0 aromatic carbocycles. The van der Waals surface area contributed by atoms with Gasteiger partial charge in [-0.3, -0.25) is 9.69 Å². The van der Waals surface area contributed by atoms with Gasteiger partial charge in [-0.25, -0.2) is 0 Å². The molecule has 3 heteroatoms. The minimum atomic E-state index is -0.688. The van der Waals surface area contributed by atoms with Gasteiger partial charge in [0.1, 0.15) is 6.04 Å². The number of carboxylic acid groups (broad SMARTS) is 1. The van der Waals surface area contributed by atoms with Crippen LogP contribution in [0.4, 0.5) is 0 Å². The van der Waals surface area contributed by atoms with Gasteiger partial charge in [0, 0.05) is 13.0 Å². The molecule has 0 aliphatic carbocycles. The maximum Gasteiger partial charge on any atom is 0.321 e. The summed E-state index contributed by atoms with van der Waals surface area (Å²) in [6.45, 7) is 5.51. The van der Waals surface area contributed by atoms with E-state index in [1.807, 2.05) is 13.8 Å². The fourth-order valence-corrected chi connectivity index (χ4v) is 2.25. The number of aliphatic carboxylic acids is 1. The van der Waals surface area contributed by atoms with E-state index in [4.69, 9.17) is 5.11 Å². The average Bonchev–Trinajstić information content (AvgIpc) is 2.17. The predicted molar refractivity (Wildman–Crippen MR) is 59.5 cm³/mol. The maximum absolute atomic E-state index is 11.1. The number of rotatable bonds is 3. The Morgan fingerprint density at radius 2 is 2.33 bits per heavy atom. The first-order valence-electron chi connectivity index (χ1n) is 5.53. The normalized spacial score (nSPS) is 26.8. The first kappa shape index (κ1) is 12.1. The molecule has 1 saturated heterocycles. The van der Waals surface area contributed by atoms with Crippen molar-refractivity contribution >= 4 is 5.97 Å². The summed E-state index contributed by atoms with van der Waals surface area (Å²) in [4.78, 5) is 13.2. The first-order valence-corrected chi connectivity index (χ1v) is 5.53. The largest absolute Gasteiger partial charge is 0.480 e. The highest BCUT2D eigenvalue weighted by Gasteiger charge is 2.33. The third kappa shape index (κ3) is 3.24. The molecule has 1 N–H and O–H groups in total. The van der Waals surface area contributed by atoms with Gasteiger partial charge in [-0.05, 0) is 32.2 Å². The molecule has 0 saturated carbocycles. The highest BCUT2D eigenvalue weighted by atomic mass is 16.4. The Morgan fingerprint density at radius 3 is 2.93 bits per heavy atom. The van der Waals surface area contributed by atoms with Crippen LogP contribution in [0.1, 0.15) is 33.1 Å². The standard InChI is InChI=1S/C12H19NO2/c1-3-4-5-8-13-9-6-7-10(2)11(13)12(14)15/h10-11H,5-9H2,1-2H3,(H,14,15). The Balaban J connectivity index is 2.57. The van der Waals surface area contributed by atoms with E-state index in [0.717, 1.165) is 32.4 Å². The van der Waals surface area contributed by atoms with Crippen molar-refractivity contribution in [3.8, 4) is 11.8 Å². The molecule has 1 aliphatic rings. The van der Waals surface area contributed by atoms with Crippen LogP contribution >= 0.6 is 0 Å². The van der Waals surface area contributed by atoms with Crippen LogP contribution in [0.2, 0.25) is 0 Å². The maximum atomic E-state index is 11.1. The predicted octanol–water partition coefficient (Wildman–Crippen LogP) is 1.58. The molecule has 0 bridgehead atoms. The van der Waals surface area contributed by atoms with Crippen molar-refractivity contribution in [1.82, 2.24) is 4.90 Å². The SMILES string of the molecule is CC#CCCN1CCCC(C)C1C(=O)O. The van der Waals surface area contributed by atoms with Gasteiger partial charge in [0.25, 0.3) is 0 Å². The lowest BCUT2D eigenvalue weighted by molar-refractivity contribution is -0.146. The Hall–Kier alpha value is -1.01. The van der Waals surface area contributed by atoms with E-state index in [9.17, 15) is 4.79 Å². The Morgan fingerprint density at radius 1 is 1.60 bits per heavy atom. The molecule has 1 aliphatic heterocycles. The van der Waals surface area contributed by atoms with Crippen molar-refractivity contribution < 1.29 is 9.90 Å². The quantitative estimate of drug-likeness (QED) is 0.717. The Labute approximate surface area is 91.5 Å². The number of carboxylic acids is 1. The van der Waals surface area contributed by atoms with Gasteiger partial charge < -0.3 is 5.11 Å². The summed E-state index contributed by atoms with van der Waals surface area (Å²) in [6, 6.07) is -0.308. The Kier molecular flexibility index (Phi) is 4.64. The molecule has 15 heavy (non-hydrogen) atoms. The minimum Gasteiger partial charge on any atom is -0.480 e. The molecule has 2 unspecified atom stereocenters. The van der Waals surface area contributed by atoms with Crippen molar-refractivity contribution in [2.45, 2.75) is 39.2 Å². The van der Waals surface area contributed by atoms with Gasteiger partial charge in [-0.2, -0.15) is 0 Å². The lowest BCUT2D eigenvalue weighted by atomic mass is 9.91. The summed E-state index contributed by atoms with van der Waals surface area (Å²) >= 11 is 0. The van der Waals surface area contributed by atoms with E-state index in [-0.39, 0.29) is 12.0 Å². The summed E-state index contributed by atoms with van der Waals surface area (Å²) in [6.07, 6.45) is 2.89. The average molecular weight is 209 g/mol. The molecule has 0 spiro atoms. The van der Waals surface area contributed by atoms with E-state index < -0.39 is 5.97 Å².